The van der Waals surface area contributed by atoms with Crippen LogP contribution in [0.3, 0.4) is 0 Å². The number of hydrogen-bond acceptors (Lipinski definition) is 3. The van der Waals surface area contributed by atoms with E-state index < -0.39 is 0 Å². The molecule has 3 N–H and O–H groups in total. The summed E-state index contributed by atoms with van der Waals surface area (Å²) in [6, 6.07) is 7.94. The second-order valence-electron chi connectivity index (χ2n) is 6.05. The maximum Gasteiger partial charge on any atom is 0.191 e. The predicted octanol–water partition coefficient (Wildman–Crippen LogP) is 3.16. The van der Waals surface area contributed by atoms with Gasteiger partial charge in [0.1, 0.15) is 5.75 Å². The fourth-order valence-corrected chi connectivity index (χ4v) is 3.84. The van der Waals surface area contributed by atoms with Gasteiger partial charge in [0.05, 0.1) is 0 Å². The topological polar surface area (TPSA) is 56.7 Å². The molecule has 0 saturated heterocycles. The van der Waals surface area contributed by atoms with E-state index >= 15 is 0 Å². The highest BCUT2D eigenvalue weighted by molar-refractivity contribution is 7.99. The van der Waals surface area contributed by atoms with Crippen molar-refractivity contribution < 1.29 is 5.11 Å². The Bertz CT molecular complexity index is 507. The molecule has 0 spiro atoms. The Hall–Kier alpha value is -1.36. The highest BCUT2D eigenvalue weighted by Crippen LogP contribution is 2.26. The molecule has 0 aromatic heterocycles. The van der Waals surface area contributed by atoms with Gasteiger partial charge in [-0.3, -0.25) is 4.99 Å². The Kier molecular flexibility index (Phi) is 7.59. The summed E-state index contributed by atoms with van der Waals surface area (Å²) in [6.07, 6.45) is 8.13. The number of phenolic OH excluding ortho intramolecular Hbond substituents is 1. The highest BCUT2D eigenvalue weighted by Gasteiger charge is 2.21. The van der Waals surface area contributed by atoms with Crippen LogP contribution in [0.4, 0.5) is 0 Å². The number of aromatic hydroxyl groups is 1. The fourth-order valence-electron chi connectivity index (χ4n) is 3.01. The monoisotopic (exact) mass is 335 g/mol. The van der Waals surface area contributed by atoms with Gasteiger partial charge in [0.25, 0.3) is 0 Å². The number of hydrogen-bond donors (Lipinski definition) is 3. The minimum Gasteiger partial charge on any atom is -0.508 e. The molecular weight excluding hydrogens is 306 g/mol. The van der Waals surface area contributed by atoms with Crippen LogP contribution < -0.4 is 10.6 Å². The molecule has 1 aromatic carbocycles. The van der Waals surface area contributed by atoms with Crippen LogP contribution in [-0.2, 0) is 6.42 Å². The lowest BCUT2D eigenvalue weighted by atomic mass is 9.95. The third-order valence-corrected chi connectivity index (χ3v) is 5.32. The quantitative estimate of drug-likeness (QED) is 0.552. The number of guanidine groups is 1. The average Bonchev–Trinajstić information content (AvgIpc) is 2.55. The van der Waals surface area contributed by atoms with Crippen molar-refractivity contribution in [2.75, 3.05) is 19.3 Å². The van der Waals surface area contributed by atoms with Crippen LogP contribution >= 0.6 is 11.8 Å². The maximum absolute atomic E-state index is 9.51. The van der Waals surface area contributed by atoms with E-state index in [-0.39, 0.29) is 0 Å². The van der Waals surface area contributed by atoms with Gasteiger partial charge in [-0.1, -0.05) is 18.6 Å². The first-order valence-electron chi connectivity index (χ1n) is 8.56. The largest absolute Gasteiger partial charge is 0.508 e. The minimum absolute atomic E-state index is 0.321. The molecule has 2 rings (SSSR count). The molecular formula is C18H29N3OS. The fraction of sp³-hybridized carbons (Fsp3) is 0.611. The normalized spacial score (nSPS) is 21.9. The number of aliphatic imine (C=N–C) groups is 1. The molecule has 2 unspecified atom stereocenters. The second-order valence-corrected chi connectivity index (χ2v) is 7.18. The van der Waals surface area contributed by atoms with Crippen LogP contribution in [0.2, 0.25) is 0 Å². The summed E-state index contributed by atoms with van der Waals surface area (Å²) in [4.78, 5) is 4.69. The minimum atomic E-state index is 0.321. The van der Waals surface area contributed by atoms with Crippen LogP contribution in [0.1, 0.15) is 38.2 Å². The van der Waals surface area contributed by atoms with Crippen molar-refractivity contribution in [3.8, 4) is 5.75 Å². The van der Waals surface area contributed by atoms with E-state index in [0.717, 1.165) is 36.3 Å². The summed E-state index contributed by atoms with van der Waals surface area (Å²) in [6.45, 7) is 3.69. The van der Waals surface area contributed by atoms with E-state index in [0.29, 0.717) is 11.8 Å². The zero-order valence-electron chi connectivity index (χ0n) is 14.2. The molecule has 5 heteroatoms. The van der Waals surface area contributed by atoms with Gasteiger partial charge in [0.2, 0.25) is 0 Å². The Balaban J connectivity index is 1.86. The summed E-state index contributed by atoms with van der Waals surface area (Å²) < 4.78 is 0. The SMILES string of the molecule is CCNC(=NCCc1cccc(O)c1)NC1CCCC(SC)C1. The Labute approximate surface area is 144 Å². The molecule has 0 amide bonds. The van der Waals surface area contributed by atoms with Crippen molar-refractivity contribution in [2.45, 2.75) is 50.3 Å². The molecule has 2 atom stereocenters. The van der Waals surface area contributed by atoms with Crippen molar-refractivity contribution >= 4 is 17.7 Å². The summed E-state index contributed by atoms with van der Waals surface area (Å²) in [5, 5.41) is 17.2. The molecule has 1 aliphatic carbocycles. The van der Waals surface area contributed by atoms with Crippen LogP contribution in [0.5, 0.6) is 5.75 Å². The third kappa shape index (κ3) is 6.34. The summed E-state index contributed by atoms with van der Waals surface area (Å²) in [5.41, 5.74) is 1.12. The molecule has 1 fully saturated rings. The van der Waals surface area contributed by atoms with Crippen molar-refractivity contribution in [3.05, 3.63) is 29.8 Å². The van der Waals surface area contributed by atoms with E-state index in [2.05, 4.69) is 28.8 Å². The van der Waals surface area contributed by atoms with Gasteiger partial charge in [-0.05, 0) is 56.6 Å². The number of nitrogens with zero attached hydrogens (tertiary/aromatic N) is 1. The number of benzene rings is 1. The van der Waals surface area contributed by atoms with Gasteiger partial charge >= 0.3 is 0 Å². The Morgan fingerprint density at radius 3 is 3.00 bits per heavy atom. The van der Waals surface area contributed by atoms with Gasteiger partial charge in [-0.15, -0.1) is 0 Å². The van der Waals surface area contributed by atoms with Crippen molar-refractivity contribution in [2.24, 2.45) is 4.99 Å². The molecule has 0 heterocycles. The highest BCUT2D eigenvalue weighted by atomic mass is 32.2. The molecule has 23 heavy (non-hydrogen) atoms. The van der Waals surface area contributed by atoms with Gasteiger partial charge in [-0.25, -0.2) is 0 Å². The number of nitrogens with one attached hydrogen (secondary N) is 2. The maximum atomic E-state index is 9.51. The smallest absolute Gasteiger partial charge is 0.191 e. The number of thioether (sulfide) groups is 1. The van der Waals surface area contributed by atoms with Gasteiger partial charge in [0.15, 0.2) is 5.96 Å². The lowest BCUT2D eigenvalue weighted by Crippen LogP contribution is -2.45. The standard InChI is InChI=1S/C18H29N3OS/c1-3-19-18(21-15-7-5-9-17(13-15)23-2)20-11-10-14-6-4-8-16(22)12-14/h4,6,8,12,15,17,22H,3,5,7,9-11,13H2,1-2H3,(H2,19,20,21). The molecule has 0 bridgehead atoms. The summed E-state index contributed by atoms with van der Waals surface area (Å²) in [7, 11) is 0. The molecule has 1 saturated carbocycles. The van der Waals surface area contributed by atoms with E-state index in [9.17, 15) is 5.11 Å². The second kappa shape index (κ2) is 9.71. The van der Waals surface area contributed by atoms with Gasteiger partial charge in [0, 0.05) is 24.4 Å². The Morgan fingerprint density at radius 1 is 1.39 bits per heavy atom. The molecule has 0 aliphatic heterocycles. The van der Waals surface area contributed by atoms with Crippen molar-refractivity contribution in [1.82, 2.24) is 10.6 Å². The molecule has 4 nitrogen and oxygen atoms in total. The van der Waals surface area contributed by atoms with E-state index in [4.69, 9.17) is 0 Å². The van der Waals surface area contributed by atoms with Gasteiger partial charge < -0.3 is 15.7 Å². The van der Waals surface area contributed by atoms with Crippen LogP contribution in [-0.4, -0.2) is 41.7 Å². The molecule has 1 aromatic rings. The lowest BCUT2D eigenvalue weighted by molar-refractivity contribution is 0.419. The third-order valence-electron chi connectivity index (χ3n) is 4.23. The zero-order chi connectivity index (χ0) is 16.5. The van der Waals surface area contributed by atoms with E-state index in [1.54, 1.807) is 12.1 Å². The first-order valence-corrected chi connectivity index (χ1v) is 9.85. The number of phenols is 1. The molecule has 0 radical (unpaired) electrons. The van der Waals surface area contributed by atoms with Crippen LogP contribution in [0, 0.1) is 0 Å². The van der Waals surface area contributed by atoms with Gasteiger partial charge in [-0.2, -0.15) is 11.8 Å². The number of rotatable bonds is 6. The van der Waals surface area contributed by atoms with E-state index in [1.165, 1.54) is 25.7 Å². The van der Waals surface area contributed by atoms with Crippen molar-refractivity contribution in [3.63, 3.8) is 0 Å². The van der Waals surface area contributed by atoms with Crippen molar-refractivity contribution in [1.29, 1.82) is 0 Å². The zero-order valence-corrected chi connectivity index (χ0v) is 15.0. The van der Waals surface area contributed by atoms with Crippen LogP contribution in [0.15, 0.2) is 29.3 Å². The average molecular weight is 336 g/mol. The predicted molar refractivity (Wildman–Crippen MR) is 100 cm³/mol. The molecule has 1 aliphatic rings. The first-order chi connectivity index (χ1) is 11.2. The summed E-state index contributed by atoms with van der Waals surface area (Å²) in [5.74, 6) is 1.24. The Morgan fingerprint density at radius 2 is 2.26 bits per heavy atom. The lowest BCUT2D eigenvalue weighted by Gasteiger charge is -2.29. The summed E-state index contributed by atoms with van der Waals surface area (Å²) >= 11 is 1.98. The molecule has 128 valence electrons. The van der Waals surface area contributed by atoms with E-state index in [1.807, 2.05) is 23.9 Å². The first kappa shape index (κ1) is 18.0. The van der Waals surface area contributed by atoms with Crippen LogP contribution in [0.25, 0.3) is 0 Å².